The van der Waals surface area contributed by atoms with E-state index in [2.05, 4.69) is 11.0 Å². The minimum atomic E-state index is 0.620. The van der Waals surface area contributed by atoms with Gasteiger partial charge >= 0.3 is 0 Å². The number of aldehydes is 1. The van der Waals surface area contributed by atoms with Crippen LogP contribution in [-0.2, 0) is 6.54 Å². The molecule has 0 aliphatic heterocycles. The summed E-state index contributed by atoms with van der Waals surface area (Å²) in [6.07, 6.45) is 7.51. The molecular weight excluding hydrogens is 164 g/mol. The molecule has 0 aromatic carbocycles. The molecule has 0 bridgehead atoms. The van der Waals surface area contributed by atoms with Gasteiger partial charge in [0.25, 0.3) is 0 Å². The third-order valence-electron chi connectivity index (χ3n) is 1.75. The summed E-state index contributed by atoms with van der Waals surface area (Å²) in [7, 11) is 0. The summed E-state index contributed by atoms with van der Waals surface area (Å²) < 4.78 is 1.69. The van der Waals surface area contributed by atoms with E-state index in [4.69, 9.17) is 6.42 Å². The molecule has 0 aliphatic rings. The summed E-state index contributed by atoms with van der Waals surface area (Å²) in [6.45, 7) is 2.58. The molecule has 0 N–H and O–H groups in total. The number of rotatable bonds is 4. The van der Waals surface area contributed by atoms with E-state index in [1.54, 1.807) is 10.7 Å². The van der Waals surface area contributed by atoms with Crippen molar-refractivity contribution in [3.63, 3.8) is 0 Å². The van der Waals surface area contributed by atoms with Gasteiger partial charge in [0.15, 0.2) is 6.29 Å². The molecule has 1 aromatic heterocycles. The molecule has 3 nitrogen and oxygen atoms in total. The first-order valence-electron chi connectivity index (χ1n) is 4.21. The van der Waals surface area contributed by atoms with Crippen LogP contribution in [0.25, 0.3) is 0 Å². The third kappa shape index (κ3) is 2.45. The zero-order chi connectivity index (χ0) is 9.68. The fourth-order valence-corrected chi connectivity index (χ4v) is 1.17. The van der Waals surface area contributed by atoms with Crippen LogP contribution in [0.4, 0.5) is 0 Å². The van der Waals surface area contributed by atoms with Crippen LogP contribution in [0.15, 0.2) is 6.07 Å². The van der Waals surface area contributed by atoms with Gasteiger partial charge in [0.2, 0.25) is 0 Å². The number of carbonyl (C=O) groups is 1. The first-order chi connectivity index (χ1) is 6.27. The van der Waals surface area contributed by atoms with Gasteiger partial charge in [0, 0.05) is 13.0 Å². The lowest BCUT2D eigenvalue weighted by Gasteiger charge is -2.00. The highest BCUT2D eigenvalue weighted by Crippen LogP contribution is 2.02. The van der Waals surface area contributed by atoms with Crippen molar-refractivity contribution in [2.75, 3.05) is 0 Å². The SMILES string of the molecule is C#CCCCn1nc(C)cc1C=O. The highest BCUT2D eigenvalue weighted by atomic mass is 16.1. The fraction of sp³-hybridized carbons (Fsp3) is 0.400. The van der Waals surface area contributed by atoms with Crippen LogP contribution >= 0.6 is 0 Å². The van der Waals surface area contributed by atoms with E-state index >= 15 is 0 Å². The molecule has 0 radical (unpaired) electrons. The Balaban J connectivity index is 2.65. The summed E-state index contributed by atoms with van der Waals surface area (Å²) in [5.41, 5.74) is 1.48. The smallest absolute Gasteiger partial charge is 0.168 e. The Hall–Kier alpha value is -1.56. The molecule has 0 aliphatic carbocycles. The monoisotopic (exact) mass is 176 g/mol. The zero-order valence-corrected chi connectivity index (χ0v) is 7.66. The van der Waals surface area contributed by atoms with Gasteiger partial charge in [-0.25, -0.2) is 0 Å². The van der Waals surface area contributed by atoms with E-state index in [0.717, 1.165) is 24.8 Å². The van der Waals surface area contributed by atoms with Crippen molar-refractivity contribution in [2.45, 2.75) is 26.3 Å². The fourth-order valence-electron chi connectivity index (χ4n) is 1.17. The predicted octanol–water partition coefficient (Wildman–Crippen LogP) is 1.42. The van der Waals surface area contributed by atoms with Gasteiger partial charge in [-0.05, 0) is 19.4 Å². The first-order valence-corrected chi connectivity index (χ1v) is 4.21. The Kier molecular flexibility index (Phi) is 3.27. The lowest BCUT2D eigenvalue weighted by atomic mass is 10.3. The Morgan fingerprint density at radius 1 is 1.77 bits per heavy atom. The number of carbonyl (C=O) groups excluding carboxylic acids is 1. The van der Waals surface area contributed by atoms with Gasteiger partial charge in [-0.3, -0.25) is 9.48 Å². The van der Waals surface area contributed by atoms with E-state index < -0.39 is 0 Å². The van der Waals surface area contributed by atoms with Gasteiger partial charge in [-0.15, -0.1) is 12.3 Å². The Bertz CT molecular complexity index is 333. The van der Waals surface area contributed by atoms with Gasteiger partial charge in [-0.1, -0.05) is 0 Å². The molecule has 68 valence electrons. The van der Waals surface area contributed by atoms with Crippen LogP contribution in [-0.4, -0.2) is 16.1 Å². The molecule has 0 saturated heterocycles. The number of aryl methyl sites for hydroxylation is 2. The van der Waals surface area contributed by atoms with Crippen molar-refractivity contribution in [3.8, 4) is 12.3 Å². The maximum Gasteiger partial charge on any atom is 0.168 e. The molecule has 3 heteroatoms. The van der Waals surface area contributed by atoms with Gasteiger partial charge in [0.1, 0.15) is 5.69 Å². The second kappa shape index (κ2) is 4.46. The lowest BCUT2D eigenvalue weighted by Crippen LogP contribution is -2.04. The van der Waals surface area contributed by atoms with Gasteiger partial charge < -0.3 is 0 Å². The van der Waals surface area contributed by atoms with Gasteiger partial charge in [-0.2, -0.15) is 5.10 Å². The van der Waals surface area contributed by atoms with Crippen LogP contribution < -0.4 is 0 Å². The second-order valence-electron chi connectivity index (χ2n) is 2.86. The number of unbranched alkanes of at least 4 members (excludes halogenated alkanes) is 1. The number of aromatic nitrogens is 2. The zero-order valence-electron chi connectivity index (χ0n) is 7.66. The van der Waals surface area contributed by atoms with Crippen LogP contribution in [0.1, 0.15) is 29.0 Å². The van der Waals surface area contributed by atoms with Crippen LogP contribution in [0.3, 0.4) is 0 Å². The molecule has 1 rings (SSSR count). The summed E-state index contributed by atoms with van der Waals surface area (Å²) in [5, 5.41) is 4.17. The lowest BCUT2D eigenvalue weighted by molar-refractivity contribution is 0.111. The summed E-state index contributed by atoms with van der Waals surface area (Å²) >= 11 is 0. The van der Waals surface area contributed by atoms with E-state index in [9.17, 15) is 4.79 Å². The van der Waals surface area contributed by atoms with Crippen molar-refractivity contribution in [1.29, 1.82) is 0 Å². The maximum atomic E-state index is 10.6. The second-order valence-corrected chi connectivity index (χ2v) is 2.86. The molecule has 0 fully saturated rings. The molecule has 0 unspecified atom stereocenters. The van der Waals surface area contributed by atoms with Crippen LogP contribution in [0.2, 0.25) is 0 Å². The normalized spacial score (nSPS) is 9.54. The number of hydrogen-bond acceptors (Lipinski definition) is 2. The summed E-state index contributed by atoms with van der Waals surface area (Å²) in [4.78, 5) is 10.6. The molecule has 0 amide bonds. The van der Waals surface area contributed by atoms with E-state index in [0.29, 0.717) is 12.2 Å². The minimum absolute atomic E-state index is 0.620. The van der Waals surface area contributed by atoms with Crippen molar-refractivity contribution >= 4 is 6.29 Å². The average Bonchev–Trinajstić information content (AvgIpc) is 2.47. The Morgan fingerprint density at radius 3 is 3.15 bits per heavy atom. The topological polar surface area (TPSA) is 34.9 Å². The number of nitrogens with zero attached hydrogens (tertiary/aromatic N) is 2. The summed E-state index contributed by atoms with van der Waals surface area (Å²) in [6, 6.07) is 1.77. The maximum absolute atomic E-state index is 10.6. The van der Waals surface area contributed by atoms with Crippen molar-refractivity contribution < 1.29 is 4.79 Å². The number of hydrogen-bond donors (Lipinski definition) is 0. The third-order valence-corrected chi connectivity index (χ3v) is 1.75. The molecule has 0 saturated carbocycles. The van der Waals surface area contributed by atoms with E-state index in [1.165, 1.54) is 0 Å². The largest absolute Gasteiger partial charge is 0.296 e. The molecule has 13 heavy (non-hydrogen) atoms. The highest BCUT2D eigenvalue weighted by Gasteiger charge is 2.02. The Labute approximate surface area is 77.8 Å². The molecular formula is C10H12N2O. The van der Waals surface area contributed by atoms with Gasteiger partial charge in [0.05, 0.1) is 5.69 Å². The number of terminal acetylenes is 1. The quantitative estimate of drug-likeness (QED) is 0.395. The standard InChI is InChI=1S/C10H12N2O/c1-3-4-5-6-12-10(8-13)7-9(2)11-12/h1,7-8H,4-6H2,2H3. The van der Waals surface area contributed by atoms with Crippen LogP contribution in [0.5, 0.6) is 0 Å². The van der Waals surface area contributed by atoms with E-state index in [-0.39, 0.29) is 0 Å². The molecule has 0 spiro atoms. The van der Waals surface area contributed by atoms with E-state index in [1.807, 2.05) is 6.92 Å². The Morgan fingerprint density at radius 2 is 2.54 bits per heavy atom. The van der Waals surface area contributed by atoms with Crippen molar-refractivity contribution in [3.05, 3.63) is 17.5 Å². The highest BCUT2D eigenvalue weighted by molar-refractivity contribution is 5.72. The average molecular weight is 176 g/mol. The van der Waals surface area contributed by atoms with Crippen molar-refractivity contribution in [2.24, 2.45) is 0 Å². The first kappa shape index (κ1) is 9.53. The molecule has 1 aromatic rings. The van der Waals surface area contributed by atoms with Crippen molar-refractivity contribution in [1.82, 2.24) is 9.78 Å². The summed E-state index contributed by atoms with van der Waals surface area (Å²) in [5.74, 6) is 2.55. The minimum Gasteiger partial charge on any atom is -0.296 e. The predicted molar refractivity (Wildman–Crippen MR) is 50.4 cm³/mol. The van der Waals surface area contributed by atoms with Crippen LogP contribution in [0, 0.1) is 19.3 Å². The molecule has 0 atom stereocenters. The molecule has 1 heterocycles.